The third-order valence-electron chi connectivity index (χ3n) is 5.58. The zero-order valence-electron chi connectivity index (χ0n) is 15.7. The van der Waals surface area contributed by atoms with Crippen molar-refractivity contribution in [1.82, 2.24) is 14.9 Å². The van der Waals surface area contributed by atoms with E-state index < -0.39 is 5.69 Å². The van der Waals surface area contributed by atoms with Gasteiger partial charge >= 0.3 is 5.69 Å². The van der Waals surface area contributed by atoms with Gasteiger partial charge in [-0.3, -0.25) is 14.2 Å². The zero-order chi connectivity index (χ0) is 19.7. The molecule has 0 bridgehead atoms. The topological polar surface area (TPSA) is 84.0 Å². The summed E-state index contributed by atoms with van der Waals surface area (Å²) in [7, 11) is 0. The highest BCUT2D eigenvalue weighted by atomic mass is 32.1. The van der Waals surface area contributed by atoms with Crippen molar-refractivity contribution in [3.05, 3.63) is 67.7 Å². The van der Waals surface area contributed by atoms with Crippen LogP contribution in [-0.2, 0) is 6.54 Å². The maximum Gasteiger partial charge on any atom is 0.329 e. The largest absolute Gasteiger partial charge is 0.349 e. The summed E-state index contributed by atoms with van der Waals surface area (Å²) in [5.74, 6) is 0.433. The lowest BCUT2D eigenvalue weighted by atomic mass is 9.86. The number of aromatic amines is 1. The fourth-order valence-corrected chi connectivity index (χ4v) is 4.64. The van der Waals surface area contributed by atoms with Crippen molar-refractivity contribution in [3.63, 3.8) is 0 Å². The molecular weight excluding hydrogens is 374 g/mol. The predicted octanol–water partition coefficient (Wildman–Crippen LogP) is 3.11. The Bertz CT molecular complexity index is 1110. The first kappa shape index (κ1) is 18.7. The average molecular weight is 398 g/mol. The van der Waals surface area contributed by atoms with Gasteiger partial charge in [-0.05, 0) is 47.9 Å². The second-order valence-corrected chi connectivity index (χ2v) is 8.44. The summed E-state index contributed by atoms with van der Waals surface area (Å²) in [5.41, 5.74) is 1.24. The molecule has 146 valence electrons. The van der Waals surface area contributed by atoms with Crippen LogP contribution in [0.1, 0.15) is 48.5 Å². The van der Waals surface area contributed by atoms with Crippen LogP contribution < -0.4 is 16.6 Å². The molecule has 4 rings (SSSR count). The fraction of sp³-hybridized carbons (Fsp3) is 0.381. The maximum absolute atomic E-state index is 12.5. The quantitative estimate of drug-likeness (QED) is 0.709. The summed E-state index contributed by atoms with van der Waals surface area (Å²) < 4.78 is 1.73. The number of carbonyl (C=O) groups excluding carboxylic acids is 1. The molecule has 0 radical (unpaired) electrons. The van der Waals surface area contributed by atoms with E-state index in [1.807, 2.05) is 0 Å². The van der Waals surface area contributed by atoms with E-state index in [0.29, 0.717) is 21.7 Å². The Kier molecular flexibility index (Phi) is 5.17. The number of carbonyl (C=O) groups is 1. The van der Waals surface area contributed by atoms with Gasteiger partial charge in [0.2, 0.25) is 0 Å². The molecule has 0 spiro atoms. The lowest BCUT2D eigenvalue weighted by Gasteiger charge is -2.29. The molecule has 3 aromatic rings. The summed E-state index contributed by atoms with van der Waals surface area (Å²) in [6, 6.07) is 9.05. The van der Waals surface area contributed by atoms with Gasteiger partial charge in [-0.25, -0.2) is 4.79 Å². The van der Waals surface area contributed by atoms with Crippen LogP contribution in [0.3, 0.4) is 0 Å². The highest BCUT2D eigenvalue weighted by Crippen LogP contribution is 2.24. The second kappa shape index (κ2) is 7.75. The number of H-pyrrole nitrogens is 1. The smallest absolute Gasteiger partial charge is 0.329 e. The molecule has 2 atom stereocenters. The Morgan fingerprint density at radius 2 is 1.93 bits per heavy atom. The fourth-order valence-electron chi connectivity index (χ4n) is 3.84. The third kappa shape index (κ3) is 3.67. The van der Waals surface area contributed by atoms with Gasteiger partial charge in [-0.1, -0.05) is 31.9 Å². The van der Waals surface area contributed by atoms with Crippen LogP contribution >= 0.6 is 11.3 Å². The standard InChI is InChI=1S/C21H23N3O3S/c1-13-4-2-3-5-16(13)22-19(25)15-8-6-14(7-9-15)12-24-20(26)18-17(10-11-28-18)23-21(24)27/h6-11,13,16H,2-5,12H2,1H3,(H,22,25)(H,23,27)/t13-,16+/m0/s1. The molecule has 2 N–H and O–H groups in total. The summed E-state index contributed by atoms with van der Waals surface area (Å²) in [6.07, 6.45) is 4.58. The third-order valence-corrected chi connectivity index (χ3v) is 6.48. The Balaban J connectivity index is 1.50. The van der Waals surface area contributed by atoms with E-state index in [1.165, 1.54) is 22.3 Å². The normalized spacial score (nSPS) is 19.6. The van der Waals surface area contributed by atoms with Gasteiger partial charge in [-0.15, -0.1) is 11.3 Å². The van der Waals surface area contributed by atoms with Crippen LogP contribution in [-0.4, -0.2) is 21.5 Å². The van der Waals surface area contributed by atoms with Crippen LogP contribution in [0.5, 0.6) is 0 Å². The van der Waals surface area contributed by atoms with E-state index in [-0.39, 0.29) is 24.1 Å². The minimum atomic E-state index is -0.427. The first-order valence-corrected chi connectivity index (χ1v) is 10.5. The van der Waals surface area contributed by atoms with Gasteiger partial charge in [-0.2, -0.15) is 0 Å². The molecule has 7 heteroatoms. The van der Waals surface area contributed by atoms with Gasteiger partial charge in [0.1, 0.15) is 4.70 Å². The van der Waals surface area contributed by atoms with Crippen LogP contribution in [0.2, 0.25) is 0 Å². The lowest BCUT2D eigenvalue weighted by molar-refractivity contribution is 0.0910. The molecule has 1 amide bonds. The van der Waals surface area contributed by atoms with Crippen LogP contribution in [0.4, 0.5) is 0 Å². The SMILES string of the molecule is C[C@H]1CCCC[C@H]1NC(=O)c1ccc(Cn2c(=O)[nH]c3ccsc3c2=O)cc1. The maximum atomic E-state index is 12.5. The van der Waals surface area contributed by atoms with E-state index in [9.17, 15) is 14.4 Å². The number of hydrogen-bond acceptors (Lipinski definition) is 4. The Morgan fingerprint density at radius 1 is 1.18 bits per heavy atom. The van der Waals surface area contributed by atoms with E-state index >= 15 is 0 Å². The van der Waals surface area contributed by atoms with Crippen molar-refractivity contribution in [2.75, 3.05) is 0 Å². The molecule has 2 aromatic heterocycles. The molecule has 0 saturated heterocycles. The van der Waals surface area contributed by atoms with E-state index in [2.05, 4.69) is 17.2 Å². The van der Waals surface area contributed by atoms with Gasteiger partial charge in [0, 0.05) is 11.6 Å². The summed E-state index contributed by atoms with van der Waals surface area (Å²) in [4.78, 5) is 40.0. The molecule has 1 saturated carbocycles. The Morgan fingerprint density at radius 3 is 2.68 bits per heavy atom. The number of hydrogen-bond donors (Lipinski definition) is 2. The molecule has 6 nitrogen and oxygen atoms in total. The van der Waals surface area contributed by atoms with Crippen molar-refractivity contribution in [3.8, 4) is 0 Å². The molecule has 1 aliphatic carbocycles. The minimum Gasteiger partial charge on any atom is -0.349 e. The van der Waals surface area contributed by atoms with E-state index in [1.54, 1.807) is 35.7 Å². The van der Waals surface area contributed by atoms with Crippen molar-refractivity contribution < 1.29 is 4.79 Å². The van der Waals surface area contributed by atoms with Gasteiger partial charge < -0.3 is 10.3 Å². The first-order chi connectivity index (χ1) is 13.5. The highest BCUT2D eigenvalue weighted by molar-refractivity contribution is 7.17. The number of nitrogens with one attached hydrogen (secondary N) is 2. The number of fused-ring (bicyclic) bond motifs is 1. The molecule has 0 unspecified atom stereocenters. The van der Waals surface area contributed by atoms with Crippen molar-refractivity contribution in [2.45, 2.75) is 45.2 Å². The molecule has 1 aromatic carbocycles. The number of amides is 1. The zero-order valence-corrected chi connectivity index (χ0v) is 16.6. The highest BCUT2D eigenvalue weighted by Gasteiger charge is 2.23. The monoisotopic (exact) mass is 397 g/mol. The summed E-state index contributed by atoms with van der Waals surface area (Å²) in [6.45, 7) is 2.36. The molecular formula is C21H23N3O3S. The summed E-state index contributed by atoms with van der Waals surface area (Å²) in [5, 5.41) is 4.93. The van der Waals surface area contributed by atoms with Gasteiger partial charge in [0.05, 0.1) is 12.1 Å². The molecule has 1 fully saturated rings. The van der Waals surface area contributed by atoms with Crippen molar-refractivity contribution in [1.29, 1.82) is 0 Å². The molecule has 2 heterocycles. The summed E-state index contributed by atoms with van der Waals surface area (Å²) >= 11 is 1.31. The molecule has 28 heavy (non-hydrogen) atoms. The minimum absolute atomic E-state index is 0.0691. The van der Waals surface area contributed by atoms with Crippen LogP contribution in [0.25, 0.3) is 10.2 Å². The number of benzene rings is 1. The second-order valence-electron chi connectivity index (χ2n) is 7.52. The average Bonchev–Trinajstić information content (AvgIpc) is 3.16. The van der Waals surface area contributed by atoms with Crippen molar-refractivity contribution >= 4 is 27.5 Å². The van der Waals surface area contributed by atoms with Crippen LogP contribution in [0.15, 0.2) is 45.3 Å². The number of rotatable bonds is 4. The number of thiophene rings is 1. The predicted molar refractivity (Wildman–Crippen MR) is 111 cm³/mol. The number of nitrogens with zero attached hydrogens (tertiary/aromatic N) is 1. The lowest BCUT2D eigenvalue weighted by Crippen LogP contribution is -2.41. The molecule has 1 aliphatic rings. The molecule has 0 aliphatic heterocycles. The van der Waals surface area contributed by atoms with E-state index in [4.69, 9.17) is 0 Å². The van der Waals surface area contributed by atoms with E-state index in [0.717, 1.165) is 24.8 Å². The van der Waals surface area contributed by atoms with Crippen molar-refractivity contribution in [2.24, 2.45) is 5.92 Å². The Labute approximate surface area is 166 Å². The van der Waals surface area contributed by atoms with Crippen LogP contribution in [0, 0.1) is 5.92 Å². The van der Waals surface area contributed by atoms with Gasteiger partial charge in [0.25, 0.3) is 11.5 Å². The first-order valence-electron chi connectivity index (χ1n) is 9.63. The Hall–Kier alpha value is -2.67. The van der Waals surface area contributed by atoms with Gasteiger partial charge in [0.15, 0.2) is 0 Å². The number of aromatic nitrogens is 2.